The Balaban J connectivity index is 1.99. The van der Waals surface area contributed by atoms with Crippen LogP contribution in [0.25, 0.3) is 0 Å². The number of nitrogens with one attached hydrogen (secondary N) is 1. The molecule has 1 aliphatic carbocycles. The zero-order chi connectivity index (χ0) is 14.2. The van der Waals surface area contributed by atoms with E-state index < -0.39 is 0 Å². The van der Waals surface area contributed by atoms with E-state index in [4.69, 9.17) is 9.47 Å². The maximum atomic E-state index is 5.26. The molecule has 1 saturated carbocycles. The quantitative estimate of drug-likeness (QED) is 0.740. The fourth-order valence-corrected chi connectivity index (χ4v) is 3.20. The van der Waals surface area contributed by atoms with E-state index >= 15 is 0 Å². The van der Waals surface area contributed by atoms with Gasteiger partial charge in [0.2, 0.25) is 0 Å². The molecule has 1 aromatic carbocycles. The molecule has 1 aromatic rings. The molecule has 3 heteroatoms. The molecule has 1 N–H and O–H groups in total. The second-order valence-corrected chi connectivity index (χ2v) is 5.62. The molecule has 1 atom stereocenters. The van der Waals surface area contributed by atoms with Gasteiger partial charge < -0.3 is 14.8 Å². The minimum Gasteiger partial charge on any atom is -0.497 e. The Labute approximate surface area is 122 Å². The van der Waals surface area contributed by atoms with Gasteiger partial charge in [-0.15, -0.1) is 0 Å². The normalized spacial score (nSPS) is 17.3. The van der Waals surface area contributed by atoms with Gasteiger partial charge in [-0.2, -0.15) is 0 Å². The van der Waals surface area contributed by atoms with Crippen LogP contribution in [-0.2, 0) is 4.74 Å². The number of methoxy groups -OCH3 is 2. The maximum absolute atomic E-state index is 5.26. The summed E-state index contributed by atoms with van der Waals surface area (Å²) in [7, 11) is 3.47. The van der Waals surface area contributed by atoms with Crippen LogP contribution in [0.4, 0.5) is 0 Å². The summed E-state index contributed by atoms with van der Waals surface area (Å²) in [5.74, 6) is 2.37. The van der Waals surface area contributed by atoms with E-state index in [-0.39, 0.29) is 0 Å². The highest BCUT2D eigenvalue weighted by Gasteiger charge is 2.25. The predicted molar refractivity (Wildman–Crippen MR) is 82.4 cm³/mol. The molecule has 20 heavy (non-hydrogen) atoms. The summed E-state index contributed by atoms with van der Waals surface area (Å²) in [5.41, 5.74) is 1.43. The van der Waals surface area contributed by atoms with Gasteiger partial charge in [-0.1, -0.05) is 25.0 Å². The fourth-order valence-electron chi connectivity index (χ4n) is 3.20. The summed E-state index contributed by atoms with van der Waals surface area (Å²) in [6, 6.07) is 8.60. The lowest BCUT2D eigenvalue weighted by Gasteiger charge is -2.24. The van der Waals surface area contributed by atoms with Crippen LogP contribution in [0.5, 0.6) is 5.75 Å². The molecular formula is C17H27NO2. The number of hydrogen-bond donors (Lipinski definition) is 1. The highest BCUT2D eigenvalue weighted by molar-refractivity contribution is 5.30. The molecule has 0 radical (unpaired) electrons. The Morgan fingerprint density at radius 1 is 1.15 bits per heavy atom. The summed E-state index contributed by atoms with van der Waals surface area (Å²) in [4.78, 5) is 0. The van der Waals surface area contributed by atoms with Gasteiger partial charge >= 0.3 is 0 Å². The van der Waals surface area contributed by atoms with Crippen molar-refractivity contribution in [3.8, 4) is 5.75 Å². The van der Waals surface area contributed by atoms with Gasteiger partial charge in [0, 0.05) is 20.2 Å². The second kappa shape index (κ2) is 8.28. The first-order valence-electron chi connectivity index (χ1n) is 7.68. The molecule has 0 spiro atoms. The van der Waals surface area contributed by atoms with Crippen LogP contribution in [0.1, 0.15) is 37.2 Å². The monoisotopic (exact) mass is 277 g/mol. The SMILES string of the molecule is COCCNCC(c1ccc(OC)cc1)C1CCCC1. The summed E-state index contributed by atoms with van der Waals surface area (Å²) in [5, 5.41) is 3.53. The van der Waals surface area contributed by atoms with Gasteiger partial charge in [0.25, 0.3) is 0 Å². The van der Waals surface area contributed by atoms with E-state index in [1.807, 2.05) is 0 Å². The third-order valence-electron chi connectivity index (χ3n) is 4.36. The van der Waals surface area contributed by atoms with E-state index in [9.17, 15) is 0 Å². The molecule has 0 aliphatic heterocycles. The standard InChI is InChI=1S/C17H27NO2/c1-19-12-11-18-13-17(14-5-3-4-6-14)15-7-9-16(20-2)10-8-15/h7-10,14,17-18H,3-6,11-13H2,1-2H3. The van der Waals surface area contributed by atoms with Crippen molar-refractivity contribution in [2.75, 3.05) is 33.9 Å². The molecule has 1 aliphatic rings. The van der Waals surface area contributed by atoms with E-state index in [2.05, 4.69) is 29.6 Å². The second-order valence-electron chi connectivity index (χ2n) is 5.62. The Kier molecular flexibility index (Phi) is 6.34. The number of rotatable bonds is 8. The van der Waals surface area contributed by atoms with Gasteiger partial charge in [-0.25, -0.2) is 0 Å². The Morgan fingerprint density at radius 2 is 1.85 bits per heavy atom. The first-order valence-corrected chi connectivity index (χ1v) is 7.68. The van der Waals surface area contributed by atoms with Crippen LogP contribution in [0.2, 0.25) is 0 Å². The molecular weight excluding hydrogens is 250 g/mol. The van der Waals surface area contributed by atoms with Crippen molar-refractivity contribution in [3.63, 3.8) is 0 Å². The molecule has 0 saturated heterocycles. The van der Waals surface area contributed by atoms with Crippen molar-refractivity contribution in [3.05, 3.63) is 29.8 Å². The molecule has 3 nitrogen and oxygen atoms in total. The van der Waals surface area contributed by atoms with Crippen LogP contribution in [0.15, 0.2) is 24.3 Å². The highest BCUT2D eigenvalue weighted by atomic mass is 16.5. The van der Waals surface area contributed by atoms with Crippen LogP contribution in [-0.4, -0.2) is 33.9 Å². The molecule has 1 unspecified atom stereocenters. The van der Waals surface area contributed by atoms with Gasteiger partial charge in [-0.3, -0.25) is 0 Å². The predicted octanol–water partition coefficient (Wildman–Crippen LogP) is 3.21. The lowest BCUT2D eigenvalue weighted by atomic mass is 9.84. The molecule has 0 bridgehead atoms. The van der Waals surface area contributed by atoms with Crippen LogP contribution in [0, 0.1) is 5.92 Å². The van der Waals surface area contributed by atoms with E-state index in [1.54, 1.807) is 14.2 Å². The first kappa shape index (κ1) is 15.3. The Morgan fingerprint density at radius 3 is 2.45 bits per heavy atom. The van der Waals surface area contributed by atoms with Crippen molar-refractivity contribution in [2.24, 2.45) is 5.92 Å². The third-order valence-corrected chi connectivity index (χ3v) is 4.36. The van der Waals surface area contributed by atoms with Gasteiger partial charge in [0.05, 0.1) is 13.7 Å². The average Bonchev–Trinajstić information content (AvgIpc) is 3.02. The number of ether oxygens (including phenoxy) is 2. The smallest absolute Gasteiger partial charge is 0.118 e. The van der Waals surface area contributed by atoms with E-state index in [0.717, 1.165) is 31.4 Å². The zero-order valence-electron chi connectivity index (χ0n) is 12.7. The topological polar surface area (TPSA) is 30.5 Å². The maximum Gasteiger partial charge on any atom is 0.118 e. The lowest BCUT2D eigenvalue weighted by Crippen LogP contribution is -2.28. The van der Waals surface area contributed by atoms with E-state index in [0.29, 0.717) is 5.92 Å². The van der Waals surface area contributed by atoms with E-state index in [1.165, 1.54) is 31.2 Å². The van der Waals surface area contributed by atoms with Gasteiger partial charge in [0.1, 0.15) is 5.75 Å². The first-order chi connectivity index (χ1) is 9.85. The minimum absolute atomic E-state index is 0.611. The fraction of sp³-hybridized carbons (Fsp3) is 0.647. The largest absolute Gasteiger partial charge is 0.497 e. The minimum atomic E-state index is 0.611. The van der Waals surface area contributed by atoms with Crippen molar-refractivity contribution >= 4 is 0 Å². The van der Waals surface area contributed by atoms with Gasteiger partial charge in [-0.05, 0) is 42.4 Å². The highest BCUT2D eigenvalue weighted by Crippen LogP contribution is 2.37. The summed E-state index contributed by atoms with van der Waals surface area (Å²) < 4.78 is 10.4. The molecule has 1 fully saturated rings. The molecule has 0 aromatic heterocycles. The van der Waals surface area contributed by atoms with Crippen LogP contribution >= 0.6 is 0 Å². The van der Waals surface area contributed by atoms with Crippen molar-refractivity contribution in [1.82, 2.24) is 5.32 Å². The van der Waals surface area contributed by atoms with Crippen LogP contribution in [0.3, 0.4) is 0 Å². The molecule has 0 heterocycles. The summed E-state index contributed by atoms with van der Waals surface area (Å²) in [6.07, 6.45) is 5.50. The van der Waals surface area contributed by atoms with Crippen LogP contribution < -0.4 is 10.1 Å². The molecule has 0 amide bonds. The molecule has 2 rings (SSSR count). The zero-order valence-corrected chi connectivity index (χ0v) is 12.7. The summed E-state index contributed by atoms with van der Waals surface area (Å²) >= 11 is 0. The number of benzene rings is 1. The van der Waals surface area contributed by atoms with Crippen molar-refractivity contribution in [1.29, 1.82) is 0 Å². The summed E-state index contributed by atoms with van der Waals surface area (Å²) in [6.45, 7) is 2.75. The van der Waals surface area contributed by atoms with Crippen molar-refractivity contribution in [2.45, 2.75) is 31.6 Å². The lowest BCUT2D eigenvalue weighted by molar-refractivity contribution is 0.198. The average molecular weight is 277 g/mol. The van der Waals surface area contributed by atoms with Gasteiger partial charge in [0.15, 0.2) is 0 Å². The van der Waals surface area contributed by atoms with Crippen molar-refractivity contribution < 1.29 is 9.47 Å². The Bertz CT molecular complexity index is 371. The Hall–Kier alpha value is -1.06. The third kappa shape index (κ3) is 4.22. The number of hydrogen-bond acceptors (Lipinski definition) is 3. The molecule has 112 valence electrons.